The first-order valence-electron chi connectivity index (χ1n) is 8.64. The van der Waals surface area contributed by atoms with Crippen LogP contribution in [0.2, 0.25) is 0 Å². The minimum atomic E-state index is -0.223. The van der Waals surface area contributed by atoms with Crippen LogP contribution in [-0.4, -0.2) is 21.1 Å². The molecule has 0 fully saturated rings. The molecule has 1 amide bonds. The topological polar surface area (TPSA) is 70.7 Å². The molecule has 0 aliphatic heterocycles. The van der Waals surface area contributed by atoms with Crippen LogP contribution in [-0.2, 0) is 4.79 Å². The highest BCUT2D eigenvalue weighted by Gasteiger charge is 2.12. The van der Waals surface area contributed by atoms with Gasteiger partial charge in [0.2, 0.25) is 5.91 Å². The van der Waals surface area contributed by atoms with Crippen molar-refractivity contribution < 1.29 is 4.79 Å². The molecule has 0 saturated carbocycles. The smallest absolute Gasteiger partial charge is 0.249 e. The zero-order chi connectivity index (χ0) is 18.6. The van der Waals surface area contributed by atoms with Crippen molar-refractivity contribution in [2.24, 2.45) is 0 Å². The third kappa shape index (κ3) is 3.48. The third-order valence-corrected chi connectivity index (χ3v) is 4.46. The largest absolute Gasteiger partial charge is 0.305 e. The second-order valence-electron chi connectivity index (χ2n) is 6.20. The lowest BCUT2D eigenvalue weighted by Gasteiger charge is -2.03. The fraction of sp³-hybridized carbons (Fsp3) is 0.0455. The van der Waals surface area contributed by atoms with Gasteiger partial charge in [0, 0.05) is 29.6 Å². The monoisotopic (exact) mass is 354 g/mol. The van der Waals surface area contributed by atoms with E-state index in [1.54, 1.807) is 12.4 Å². The first-order chi connectivity index (χ1) is 13.2. The predicted molar refractivity (Wildman–Crippen MR) is 108 cm³/mol. The highest BCUT2D eigenvalue weighted by molar-refractivity contribution is 6.03. The number of carbonyl (C=O) groups excluding carboxylic acids is 1. The molecule has 4 rings (SSSR count). The van der Waals surface area contributed by atoms with Gasteiger partial charge in [0.05, 0.1) is 5.69 Å². The molecule has 132 valence electrons. The summed E-state index contributed by atoms with van der Waals surface area (Å²) in [5.74, 6) is 0.299. The van der Waals surface area contributed by atoms with Gasteiger partial charge in [-0.2, -0.15) is 5.10 Å². The number of hydrogen-bond acceptors (Lipinski definition) is 3. The molecule has 0 spiro atoms. The first-order valence-corrected chi connectivity index (χ1v) is 8.64. The summed E-state index contributed by atoms with van der Waals surface area (Å²) in [7, 11) is 0. The maximum absolute atomic E-state index is 12.4. The van der Waals surface area contributed by atoms with Gasteiger partial charge < -0.3 is 5.32 Å². The minimum absolute atomic E-state index is 0.223. The molecule has 5 heteroatoms. The van der Waals surface area contributed by atoms with Gasteiger partial charge in [-0.15, -0.1) is 0 Å². The molecule has 2 aromatic carbocycles. The Morgan fingerprint density at radius 2 is 1.81 bits per heavy atom. The van der Waals surface area contributed by atoms with Crippen LogP contribution >= 0.6 is 0 Å². The van der Waals surface area contributed by atoms with Crippen molar-refractivity contribution in [3.05, 3.63) is 84.2 Å². The Bertz CT molecular complexity index is 1120. The number of carbonyl (C=O) groups is 1. The summed E-state index contributed by atoms with van der Waals surface area (Å²) in [6.07, 6.45) is 6.80. The Morgan fingerprint density at radius 1 is 1.04 bits per heavy atom. The van der Waals surface area contributed by atoms with Crippen molar-refractivity contribution in [2.75, 3.05) is 5.32 Å². The van der Waals surface area contributed by atoms with Gasteiger partial charge in [-0.25, -0.2) is 0 Å². The molecule has 0 radical (unpaired) electrons. The van der Waals surface area contributed by atoms with E-state index >= 15 is 0 Å². The van der Waals surface area contributed by atoms with Crippen molar-refractivity contribution in [1.82, 2.24) is 15.2 Å². The average molecular weight is 354 g/mol. The van der Waals surface area contributed by atoms with E-state index in [4.69, 9.17) is 0 Å². The number of nitrogens with zero attached hydrogens (tertiary/aromatic N) is 2. The first kappa shape index (κ1) is 16.7. The van der Waals surface area contributed by atoms with Gasteiger partial charge in [0.1, 0.15) is 0 Å². The van der Waals surface area contributed by atoms with Crippen LogP contribution in [0.1, 0.15) is 11.1 Å². The second kappa shape index (κ2) is 7.25. The van der Waals surface area contributed by atoms with Gasteiger partial charge in [0.25, 0.3) is 0 Å². The van der Waals surface area contributed by atoms with Gasteiger partial charge in [-0.1, -0.05) is 42.5 Å². The molecule has 4 aromatic rings. The van der Waals surface area contributed by atoms with Crippen LogP contribution < -0.4 is 5.32 Å². The molecule has 5 nitrogen and oxygen atoms in total. The lowest BCUT2D eigenvalue weighted by molar-refractivity contribution is -0.111. The van der Waals surface area contributed by atoms with E-state index in [0.29, 0.717) is 5.82 Å². The number of rotatable bonds is 4. The van der Waals surface area contributed by atoms with E-state index in [1.807, 2.05) is 55.5 Å². The van der Waals surface area contributed by atoms with Gasteiger partial charge in [-0.05, 0) is 41.5 Å². The second-order valence-corrected chi connectivity index (χ2v) is 6.20. The van der Waals surface area contributed by atoms with E-state index in [2.05, 4.69) is 32.6 Å². The lowest BCUT2D eigenvalue weighted by atomic mass is 10.0. The van der Waals surface area contributed by atoms with Crippen LogP contribution in [0, 0.1) is 6.92 Å². The lowest BCUT2D eigenvalue weighted by Crippen LogP contribution is -2.09. The molecule has 2 N–H and O–H groups in total. The Balaban J connectivity index is 1.53. The van der Waals surface area contributed by atoms with Crippen LogP contribution in [0.15, 0.2) is 73.1 Å². The summed E-state index contributed by atoms with van der Waals surface area (Å²) in [6.45, 7) is 1.92. The van der Waals surface area contributed by atoms with Crippen molar-refractivity contribution in [3.63, 3.8) is 0 Å². The number of H-pyrrole nitrogens is 1. The van der Waals surface area contributed by atoms with E-state index < -0.39 is 0 Å². The number of nitrogens with one attached hydrogen (secondary N) is 2. The van der Waals surface area contributed by atoms with E-state index in [0.717, 1.165) is 33.2 Å². The number of amides is 1. The standard InChI is InChI=1S/C22H18N4O/c1-15-21(18-11-13-23-14-12-18)25-26-22(15)24-20(27)10-9-17-7-4-6-16-5-2-3-8-19(16)17/h2-14H,1H3,(H2,24,25,26,27). The van der Waals surface area contributed by atoms with E-state index in [9.17, 15) is 4.79 Å². The Labute approximate surface area is 156 Å². The molecule has 27 heavy (non-hydrogen) atoms. The Morgan fingerprint density at radius 3 is 2.67 bits per heavy atom. The summed E-state index contributed by atoms with van der Waals surface area (Å²) in [6, 6.07) is 17.9. The quantitative estimate of drug-likeness (QED) is 0.527. The van der Waals surface area contributed by atoms with Crippen molar-refractivity contribution >= 4 is 28.6 Å². The molecular weight excluding hydrogens is 336 g/mol. The molecule has 0 aliphatic rings. The molecule has 0 unspecified atom stereocenters. The van der Waals surface area contributed by atoms with Gasteiger partial charge in [0.15, 0.2) is 5.82 Å². The molecule has 0 atom stereocenters. The highest BCUT2D eigenvalue weighted by Crippen LogP contribution is 2.25. The Kier molecular flexibility index (Phi) is 4.49. The fourth-order valence-corrected chi connectivity index (χ4v) is 3.04. The average Bonchev–Trinajstić information content (AvgIpc) is 3.07. The van der Waals surface area contributed by atoms with Gasteiger partial charge >= 0.3 is 0 Å². The summed E-state index contributed by atoms with van der Waals surface area (Å²) in [5, 5.41) is 12.3. The minimum Gasteiger partial charge on any atom is -0.305 e. The SMILES string of the molecule is Cc1c(NC(=O)C=Cc2cccc3ccccc23)n[nH]c1-c1ccncc1. The summed E-state index contributed by atoms with van der Waals surface area (Å²) >= 11 is 0. The number of fused-ring (bicyclic) bond motifs is 1. The normalized spacial score (nSPS) is 11.1. The summed E-state index contributed by atoms with van der Waals surface area (Å²) in [4.78, 5) is 16.4. The summed E-state index contributed by atoms with van der Waals surface area (Å²) in [5.41, 5.74) is 3.72. The van der Waals surface area contributed by atoms with Crippen LogP contribution in [0.3, 0.4) is 0 Å². The molecular formula is C22H18N4O. The zero-order valence-corrected chi connectivity index (χ0v) is 14.8. The predicted octanol–water partition coefficient (Wildman–Crippen LogP) is 4.59. The molecule has 2 aromatic heterocycles. The van der Waals surface area contributed by atoms with Gasteiger partial charge in [-0.3, -0.25) is 14.9 Å². The fourth-order valence-electron chi connectivity index (χ4n) is 3.04. The Hall–Kier alpha value is -3.73. The van der Waals surface area contributed by atoms with E-state index in [-0.39, 0.29) is 5.91 Å². The van der Waals surface area contributed by atoms with Crippen molar-refractivity contribution in [2.45, 2.75) is 6.92 Å². The zero-order valence-electron chi connectivity index (χ0n) is 14.8. The number of pyridine rings is 1. The molecule has 0 saturated heterocycles. The number of aromatic nitrogens is 3. The third-order valence-electron chi connectivity index (χ3n) is 4.46. The molecule has 0 bridgehead atoms. The molecule has 2 heterocycles. The van der Waals surface area contributed by atoms with Crippen LogP contribution in [0.5, 0.6) is 0 Å². The number of aromatic amines is 1. The summed E-state index contributed by atoms with van der Waals surface area (Å²) < 4.78 is 0. The van der Waals surface area contributed by atoms with Crippen LogP contribution in [0.25, 0.3) is 28.1 Å². The van der Waals surface area contributed by atoms with Crippen molar-refractivity contribution in [3.8, 4) is 11.3 Å². The number of hydrogen-bond donors (Lipinski definition) is 2. The highest BCUT2D eigenvalue weighted by atomic mass is 16.1. The number of benzene rings is 2. The van der Waals surface area contributed by atoms with Crippen molar-refractivity contribution in [1.29, 1.82) is 0 Å². The number of anilines is 1. The maximum Gasteiger partial charge on any atom is 0.249 e. The maximum atomic E-state index is 12.4. The molecule has 0 aliphatic carbocycles. The van der Waals surface area contributed by atoms with E-state index in [1.165, 1.54) is 6.08 Å². The van der Waals surface area contributed by atoms with Crippen LogP contribution in [0.4, 0.5) is 5.82 Å².